The first-order chi connectivity index (χ1) is 9.40. The minimum atomic E-state index is -3.58. The largest absolute Gasteiger partial charge is 0.495 e. The molecule has 7 heteroatoms. The molecule has 0 bridgehead atoms. The highest BCUT2D eigenvalue weighted by Gasteiger charge is 2.32. The lowest BCUT2D eigenvalue weighted by Crippen LogP contribution is -2.33. The Bertz CT molecular complexity index is 600. The minimum Gasteiger partial charge on any atom is -0.495 e. The Morgan fingerprint density at radius 3 is 2.60 bits per heavy atom. The Labute approximate surface area is 128 Å². The average Bonchev–Trinajstić information content (AvgIpc) is 3.22. The molecule has 20 heavy (non-hydrogen) atoms. The van der Waals surface area contributed by atoms with Crippen LogP contribution in [0.15, 0.2) is 21.5 Å². The van der Waals surface area contributed by atoms with Gasteiger partial charge in [0.2, 0.25) is 10.0 Å². The number of methoxy groups -OCH3 is 1. The summed E-state index contributed by atoms with van der Waals surface area (Å²) in [5, 5.41) is 0. The molecule has 0 unspecified atom stereocenters. The number of hydrogen-bond acceptors (Lipinski definition) is 4. The lowest BCUT2D eigenvalue weighted by atomic mass is 10.3. The minimum absolute atomic E-state index is 0.128. The monoisotopic (exact) mass is 362 g/mol. The molecule has 0 atom stereocenters. The van der Waals surface area contributed by atoms with E-state index < -0.39 is 10.0 Å². The van der Waals surface area contributed by atoms with E-state index in [1.807, 2.05) is 6.92 Å². The first kappa shape index (κ1) is 15.6. The van der Waals surface area contributed by atoms with Crippen molar-refractivity contribution >= 4 is 31.6 Å². The zero-order valence-corrected chi connectivity index (χ0v) is 14.0. The van der Waals surface area contributed by atoms with Gasteiger partial charge in [0, 0.05) is 23.2 Å². The maximum Gasteiger partial charge on any atom is 0.246 e. The van der Waals surface area contributed by atoms with Crippen molar-refractivity contribution in [1.29, 1.82) is 0 Å². The number of halogens is 1. The van der Waals surface area contributed by atoms with Crippen LogP contribution in [0.25, 0.3) is 0 Å². The van der Waals surface area contributed by atoms with Gasteiger partial charge in [-0.2, -0.15) is 4.31 Å². The summed E-state index contributed by atoms with van der Waals surface area (Å²) in [7, 11) is -2.13. The van der Waals surface area contributed by atoms with Crippen LogP contribution >= 0.6 is 15.9 Å². The van der Waals surface area contributed by atoms with E-state index in [1.165, 1.54) is 17.5 Å². The predicted molar refractivity (Wildman–Crippen MR) is 82.3 cm³/mol. The molecule has 1 aromatic rings. The van der Waals surface area contributed by atoms with Crippen molar-refractivity contribution in [2.24, 2.45) is 5.92 Å². The van der Waals surface area contributed by atoms with Crippen LogP contribution in [0.4, 0.5) is 5.69 Å². The van der Waals surface area contributed by atoms with E-state index >= 15 is 0 Å². The summed E-state index contributed by atoms with van der Waals surface area (Å²) in [5.74, 6) is 0.795. The van der Waals surface area contributed by atoms with Crippen molar-refractivity contribution in [2.75, 3.05) is 25.9 Å². The molecule has 0 amide bonds. The van der Waals surface area contributed by atoms with Crippen molar-refractivity contribution in [3.05, 3.63) is 16.6 Å². The van der Waals surface area contributed by atoms with E-state index in [-0.39, 0.29) is 4.90 Å². The van der Waals surface area contributed by atoms with Crippen molar-refractivity contribution in [3.63, 3.8) is 0 Å². The maximum atomic E-state index is 12.7. The molecule has 5 nitrogen and oxygen atoms in total. The van der Waals surface area contributed by atoms with Crippen LogP contribution in [0.3, 0.4) is 0 Å². The molecule has 0 spiro atoms. The second kappa shape index (κ2) is 5.91. The van der Waals surface area contributed by atoms with E-state index in [1.54, 1.807) is 6.07 Å². The van der Waals surface area contributed by atoms with E-state index in [0.717, 1.165) is 12.8 Å². The summed E-state index contributed by atoms with van der Waals surface area (Å²) < 4.78 is 32.8. The third-order valence-electron chi connectivity index (χ3n) is 3.41. The molecule has 2 N–H and O–H groups in total. The van der Waals surface area contributed by atoms with Crippen LogP contribution < -0.4 is 10.5 Å². The number of anilines is 1. The van der Waals surface area contributed by atoms with Crippen LogP contribution in [-0.2, 0) is 10.0 Å². The molecule has 0 aromatic heterocycles. The second-order valence-corrected chi connectivity index (χ2v) is 7.68. The van der Waals surface area contributed by atoms with E-state index in [4.69, 9.17) is 10.5 Å². The Hall–Kier alpha value is -0.790. The Morgan fingerprint density at radius 2 is 2.10 bits per heavy atom. The molecule has 0 saturated heterocycles. The van der Waals surface area contributed by atoms with E-state index in [0.29, 0.717) is 34.9 Å². The Morgan fingerprint density at radius 1 is 1.45 bits per heavy atom. The molecular weight excluding hydrogens is 344 g/mol. The molecule has 1 saturated carbocycles. The predicted octanol–water partition coefficient (Wildman–Crippen LogP) is 2.46. The van der Waals surface area contributed by atoms with Crippen molar-refractivity contribution in [2.45, 2.75) is 24.7 Å². The van der Waals surface area contributed by atoms with Crippen molar-refractivity contribution in [1.82, 2.24) is 4.31 Å². The zero-order chi connectivity index (χ0) is 14.9. The van der Waals surface area contributed by atoms with Gasteiger partial charge in [-0.25, -0.2) is 8.42 Å². The van der Waals surface area contributed by atoms with Gasteiger partial charge in [0.05, 0.1) is 7.11 Å². The van der Waals surface area contributed by atoms with E-state index in [2.05, 4.69) is 15.9 Å². The Balaban J connectivity index is 2.43. The highest BCUT2D eigenvalue weighted by molar-refractivity contribution is 9.10. The number of benzene rings is 1. The SMILES string of the molecule is CCN(CC1CC1)S(=O)(=O)c1cc(N)c(Br)cc1OC. The second-order valence-electron chi connectivity index (χ2n) is 4.92. The van der Waals surface area contributed by atoms with Crippen LogP contribution in [0.5, 0.6) is 5.75 Å². The average molecular weight is 363 g/mol. The van der Waals surface area contributed by atoms with Crippen molar-refractivity contribution in [3.8, 4) is 5.75 Å². The fourth-order valence-electron chi connectivity index (χ4n) is 2.04. The van der Waals surface area contributed by atoms with Gasteiger partial charge >= 0.3 is 0 Å². The Kier molecular flexibility index (Phi) is 4.61. The number of ether oxygens (including phenoxy) is 1. The standard InChI is InChI=1S/C13H19BrN2O3S/c1-3-16(8-9-4-5-9)20(17,18)13-7-11(15)10(14)6-12(13)19-2/h6-7,9H,3-5,8,15H2,1-2H3. The molecule has 1 fully saturated rings. The van der Waals surface area contributed by atoms with Crippen LogP contribution in [0.1, 0.15) is 19.8 Å². The van der Waals surface area contributed by atoms with Gasteiger partial charge in [-0.1, -0.05) is 6.92 Å². The number of nitrogens with two attached hydrogens (primary N) is 1. The number of sulfonamides is 1. The summed E-state index contributed by atoms with van der Waals surface area (Å²) in [6.07, 6.45) is 2.21. The molecular formula is C13H19BrN2O3S. The highest BCUT2D eigenvalue weighted by Crippen LogP contribution is 2.36. The third-order valence-corrected chi connectivity index (χ3v) is 6.06. The molecule has 2 rings (SSSR count). The van der Waals surface area contributed by atoms with Gasteiger partial charge in [-0.15, -0.1) is 0 Å². The summed E-state index contributed by atoms with van der Waals surface area (Å²) in [6, 6.07) is 3.04. The van der Waals surface area contributed by atoms with Crippen molar-refractivity contribution < 1.29 is 13.2 Å². The molecule has 1 aromatic carbocycles. The van der Waals surface area contributed by atoms with Gasteiger partial charge in [0.25, 0.3) is 0 Å². The summed E-state index contributed by atoms with van der Waals surface area (Å²) in [4.78, 5) is 0.128. The van der Waals surface area contributed by atoms with Gasteiger partial charge in [-0.3, -0.25) is 0 Å². The number of rotatable bonds is 6. The molecule has 1 aliphatic carbocycles. The molecule has 112 valence electrons. The lowest BCUT2D eigenvalue weighted by molar-refractivity contribution is 0.388. The maximum absolute atomic E-state index is 12.7. The number of nitrogens with zero attached hydrogens (tertiary/aromatic N) is 1. The summed E-state index contributed by atoms with van der Waals surface area (Å²) >= 11 is 3.28. The smallest absolute Gasteiger partial charge is 0.246 e. The first-order valence-corrected chi connectivity index (χ1v) is 8.76. The van der Waals surface area contributed by atoms with Crippen LogP contribution in [-0.4, -0.2) is 32.9 Å². The van der Waals surface area contributed by atoms with Gasteiger partial charge in [-0.05, 0) is 46.8 Å². The fraction of sp³-hybridized carbons (Fsp3) is 0.538. The quantitative estimate of drug-likeness (QED) is 0.788. The summed E-state index contributed by atoms with van der Waals surface area (Å²) in [6.45, 7) is 2.85. The lowest BCUT2D eigenvalue weighted by Gasteiger charge is -2.22. The topological polar surface area (TPSA) is 72.6 Å². The highest BCUT2D eigenvalue weighted by atomic mass is 79.9. The van der Waals surface area contributed by atoms with Crippen LogP contribution in [0, 0.1) is 5.92 Å². The zero-order valence-electron chi connectivity index (χ0n) is 11.6. The first-order valence-electron chi connectivity index (χ1n) is 6.53. The normalized spacial score (nSPS) is 15.6. The third kappa shape index (κ3) is 3.10. The van der Waals surface area contributed by atoms with Gasteiger partial charge < -0.3 is 10.5 Å². The van der Waals surface area contributed by atoms with Crippen LogP contribution in [0.2, 0.25) is 0 Å². The van der Waals surface area contributed by atoms with Gasteiger partial charge in [0.15, 0.2) is 0 Å². The molecule has 0 heterocycles. The molecule has 0 radical (unpaired) electrons. The molecule has 1 aliphatic rings. The number of nitrogen functional groups attached to an aromatic ring is 1. The number of hydrogen-bond donors (Lipinski definition) is 1. The van der Waals surface area contributed by atoms with E-state index in [9.17, 15) is 8.42 Å². The van der Waals surface area contributed by atoms with Gasteiger partial charge in [0.1, 0.15) is 10.6 Å². The molecule has 0 aliphatic heterocycles. The summed E-state index contributed by atoms with van der Waals surface area (Å²) in [5.41, 5.74) is 6.19. The fourth-order valence-corrected chi connectivity index (χ4v) is 4.06.